The summed E-state index contributed by atoms with van der Waals surface area (Å²) in [6, 6.07) is 0. The molecule has 0 rings (SSSR count). The largest absolute Gasteiger partial charge is 0.472 e. The molecule has 5 unspecified atom stereocenters. The first kappa shape index (κ1) is 98.7. The normalized spacial score (nSPS) is 14.7. The van der Waals surface area contributed by atoms with Crippen molar-refractivity contribution in [2.45, 2.75) is 316 Å². The molecule has 0 fully saturated rings. The van der Waals surface area contributed by atoms with E-state index in [9.17, 15) is 43.2 Å². The number of hydrogen-bond donors (Lipinski definition) is 3. The monoisotopic (exact) mass is 1490 g/mol. The molecule has 0 radical (unpaired) electrons. The summed E-state index contributed by atoms with van der Waals surface area (Å²) in [5.41, 5.74) is 0. The summed E-state index contributed by atoms with van der Waals surface area (Å²) in [5, 5.41) is 10.6. The first-order valence-electron chi connectivity index (χ1n) is 39.7. The molecule has 19 heteroatoms. The summed E-state index contributed by atoms with van der Waals surface area (Å²) >= 11 is 0. The number of phosphoric ester groups is 2. The lowest BCUT2D eigenvalue weighted by Crippen LogP contribution is -2.30. The summed E-state index contributed by atoms with van der Waals surface area (Å²) in [7, 11) is -9.99. The van der Waals surface area contributed by atoms with Gasteiger partial charge >= 0.3 is 39.5 Å². The Balaban J connectivity index is 5.41. The van der Waals surface area contributed by atoms with Crippen molar-refractivity contribution in [3.8, 4) is 0 Å². The Kier molecular flexibility index (Phi) is 72.0. The molecule has 0 aromatic rings. The first-order valence-corrected chi connectivity index (χ1v) is 42.7. The van der Waals surface area contributed by atoms with Gasteiger partial charge in [0.1, 0.15) is 19.3 Å². The first-order chi connectivity index (χ1) is 50.7. The predicted octanol–water partition coefficient (Wildman–Crippen LogP) is 23.2. The zero-order valence-electron chi connectivity index (χ0n) is 64.6. The lowest BCUT2D eigenvalue weighted by Gasteiger charge is -2.21. The van der Waals surface area contributed by atoms with Gasteiger partial charge < -0.3 is 33.8 Å². The van der Waals surface area contributed by atoms with E-state index in [-0.39, 0.29) is 25.7 Å². The van der Waals surface area contributed by atoms with Gasteiger partial charge in [0.2, 0.25) is 0 Å². The summed E-state index contributed by atoms with van der Waals surface area (Å²) in [5.74, 6) is -2.29. The molecule has 104 heavy (non-hydrogen) atoms. The molecule has 0 spiro atoms. The SMILES string of the molecule is CC/C=C\C/C=C\C/C=C\C/C=C\C/C=C\CCCC(=O)OCC(COP(=O)(O)OCC(O)COP(=O)(O)OCC(COC(=O)CCCCCCCC/C=C\C/C=C\C/C=C\C/C=C\CC)OC(=O)CCCCCCCCC/C=C\C/C=C\C/C=C\CC)OC(=O)CCCCCCC/C=C\CCCC. The van der Waals surface area contributed by atoms with Gasteiger partial charge in [-0.05, 0) is 154 Å². The van der Waals surface area contributed by atoms with E-state index in [1.165, 1.54) is 12.8 Å². The molecule has 0 aromatic carbocycles. The highest BCUT2D eigenvalue weighted by Crippen LogP contribution is 2.45. The topological polar surface area (TPSA) is 237 Å². The fourth-order valence-corrected chi connectivity index (χ4v) is 11.6. The molecule has 0 heterocycles. The van der Waals surface area contributed by atoms with Crippen LogP contribution in [-0.4, -0.2) is 96.7 Å². The third-order valence-corrected chi connectivity index (χ3v) is 17.9. The van der Waals surface area contributed by atoms with Crippen molar-refractivity contribution in [1.82, 2.24) is 0 Å². The highest BCUT2D eigenvalue weighted by atomic mass is 31.2. The second kappa shape index (κ2) is 75.9. The lowest BCUT2D eigenvalue weighted by molar-refractivity contribution is -0.161. The van der Waals surface area contributed by atoms with E-state index in [0.29, 0.717) is 32.1 Å². The fraction of sp³-hybridized carbons (Fsp3) is 0.647. The number of carbonyl (C=O) groups excluding carboxylic acids is 4. The minimum absolute atomic E-state index is 0.0676. The van der Waals surface area contributed by atoms with Crippen molar-refractivity contribution < 1.29 is 80.2 Å². The van der Waals surface area contributed by atoms with Crippen LogP contribution < -0.4 is 0 Å². The highest BCUT2D eigenvalue weighted by Gasteiger charge is 2.30. The van der Waals surface area contributed by atoms with Crippen LogP contribution in [-0.2, 0) is 65.4 Å². The van der Waals surface area contributed by atoms with Crippen LogP contribution >= 0.6 is 15.6 Å². The number of aliphatic hydroxyl groups excluding tert-OH is 1. The molecule has 0 saturated carbocycles. The molecular formula is C85H140O17P2. The van der Waals surface area contributed by atoms with Gasteiger partial charge in [0, 0.05) is 25.7 Å². The minimum Gasteiger partial charge on any atom is -0.462 e. The van der Waals surface area contributed by atoms with Gasteiger partial charge in [0.05, 0.1) is 26.4 Å². The number of phosphoric acid groups is 2. The molecule has 0 aromatic heterocycles. The number of aliphatic hydroxyl groups is 1. The molecule has 0 aliphatic heterocycles. The van der Waals surface area contributed by atoms with Gasteiger partial charge in [-0.1, -0.05) is 276 Å². The highest BCUT2D eigenvalue weighted by molar-refractivity contribution is 7.47. The van der Waals surface area contributed by atoms with Crippen molar-refractivity contribution in [2.24, 2.45) is 0 Å². The van der Waals surface area contributed by atoms with E-state index in [0.717, 1.165) is 199 Å². The average molecular weight is 1500 g/mol. The molecule has 0 bridgehead atoms. The third-order valence-electron chi connectivity index (χ3n) is 16.0. The smallest absolute Gasteiger partial charge is 0.462 e. The lowest BCUT2D eigenvalue weighted by atomic mass is 10.1. The summed E-state index contributed by atoms with van der Waals surface area (Å²) in [6.07, 6.45) is 88.0. The maximum absolute atomic E-state index is 13.1. The molecule has 0 amide bonds. The number of rotatable bonds is 73. The Morgan fingerprint density at radius 1 is 0.279 bits per heavy atom. The summed E-state index contributed by atoms with van der Waals surface area (Å²) in [4.78, 5) is 73.0. The molecule has 3 N–H and O–H groups in total. The number of carbonyl (C=O) groups is 4. The minimum atomic E-state index is -4.99. The van der Waals surface area contributed by atoms with E-state index >= 15 is 0 Å². The third kappa shape index (κ3) is 74.9. The Labute approximate surface area is 629 Å². The zero-order chi connectivity index (χ0) is 76.0. The van der Waals surface area contributed by atoms with Crippen LogP contribution in [0, 0.1) is 0 Å². The Morgan fingerprint density at radius 2 is 0.510 bits per heavy atom. The van der Waals surface area contributed by atoms with E-state index < -0.39 is 97.5 Å². The average Bonchev–Trinajstić information content (AvgIpc) is 0.906. The number of esters is 4. The van der Waals surface area contributed by atoms with Crippen molar-refractivity contribution >= 4 is 39.5 Å². The van der Waals surface area contributed by atoms with Crippen LogP contribution in [0.5, 0.6) is 0 Å². The number of unbranched alkanes of at least 4 members (excludes halogenated alkanes) is 21. The molecular weight excluding hydrogens is 1350 g/mol. The van der Waals surface area contributed by atoms with E-state index in [1.807, 2.05) is 12.2 Å². The van der Waals surface area contributed by atoms with Crippen LogP contribution in [0.3, 0.4) is 0 Å². The van der Waals surface area contributed by atoms with Crippen LogP contribution in [0.25, 0.3) is 0 Å². The standard InChI is InChI=1S/C85H140O17P2/c1-5-9-13-17-21-25-29-32-35-38-39-42-44-47-51-54-58-62-66-70-83(88)96-76-81(102-85(90)72-68-64-60-56-52-48-45-41-37-34-31-27-23-19-15-11-7-3)78-100-104(93,94)98-74-79(86)73-97-103(91,92)99-77-80(101-84(89)71-67-63-59-55-49-28-24-20-16-12-8-4)75-95-82(87)69-65-61-57-53-50-46-43-40-36-33-30-26-22-18-14-10-6-2/h9-11,13-15,20-27,32-37,39,42-43,46,53,57,79-81,86H,5-8,12,16-19,28-31,38,40-41,44-45,47-52,54-56,58-78H2,1-4H3,(H,91,92)(H,93,94)/b13-9-,14-10-,15-11-,24-20-,25-21-,26-22-,27-23-,35-32-,36-33-,37-34-,42-39-,46-43-,57-53-. The van der Waals surface area contributed by atoms with Gasteiger partial charge in [-0.2, -0.15) is 0 Å². The number of ether oxygens (including phenoxy) is 4. The number of hydrogen-bond acceptors (Lipinski definition) is 15. The Morgan fingerprint density at radius 3 is 0.817 bits per heavy atom. The van der Waals surface area contributed by atoms with Gasteiger partial charge in [0.15, 0.2) is 12.2 Å². The van der Waals surface area contributed by atoms with Gasteiger partial charge in [-0.25, -0.2) is 9.13 Å². The van der Waals surface area contributed by atoms with Gasteiger partial charge in [-0.3, -0.25) is 37.3 Å². The van der Waals surface area contributed by atoms with Crippen molar-refractivity contribution in [2.75, 3.05) is 39.6 Å². The Bertz CT molecular complexity index is 2590. The summed E-state index contributed by atoms with van der Waals surface area (Å²) < 4.78 is 68.5. The van der Waals surface area contributed by atoms with Crippen LogP contribution in [0.2, 0.25) is 0 Å². The van der Waals surface area contributed by atoms with Crippen molar-refractivity contribution in [1.29, 1.82) is 0 Å². The predicted molar refractivity (Wildman–Crippen MR) is 427 cm³/mol. The zero-order valence-corrected chi connectivity index (χ0v) is 66.4. The maximum Gasteiger partial charge on any atom is 0.472 e. The van der Waals surface area contributed by atoms with Crippen molar-refractivity contribution in [3.63, 3.8) is 0 Å². The second-order valence-electron chi connectivity index (χ2n) is 25.9. The summed E-state index contributed by atoms with van der Waals surface area (Å²) in [6.45, 7) is 4.39. The molecule has 592 valence electrons. The number of allylic oxidation sites excluding steroid dienone is 26. The van der Waals surface area contributed by atoms with Crippen LogP contribution in [0.1, 0.15) is 297 Å². The van der Waals surface area contributed by atoms with Crippen LogP contribution in [0.15, 0.2) is 158 Å². The van der Waals surface area contributed by atoms with Gasteiger partial charge in [0.25, 0.3) is 0 Å². The van der Waals surface area contributed by atoms with E-state index in [1.54, 1.807) is 0 Å². The van der Waals surface area contributed by atoms with E-state index in [2.05, 4.69) is 174 Å². The second-order valence-corrected chi connectivity index (χ2v) is 28.8. The Hall–Kier alpha value is -5.32. The molecule has 0 aliphatic carbocycles. The van der Waals surface area contributed by atoms with Crippen LogP contribution in [0.4, 0.5) is 0 Å². The fourth-order valence-electron chi connectivity index (χ4n) is 10.0. The maximum atomic E-state index is 13.1. The molecule has 17 nitrogen and oxygen atoms in total. The molecule has 0 saturated heterocycles. The van der Waals surface area contributed by atoms with Crippen molar-refractivity contribution in [3.05, 3.63) is 158 Å². The quantitative estimate of drug-likeness (QED) is 0.0169. The van der Waals surface area contributed by atoms with Gasteiger partial charge in [-0.15, -0.1) is 0 Å². The molecule has 0 aliphatic rings. The van der Waals surface area contributed by atoms with E-state index in [4.69, 9.17) is 37.0 Å². The molecule has 5 atom stereocenters.